The summed E-state index contributed by atoms with van der Waals surface area (Å²) >= 11 is 0. The summed E-state index contributed by atoms with van der Waals surface area (Å²) in [5, 5.41) is 2.12. The zero-order valence-corrected chi connectivity index (χ0v) is 3.73. The van der Waals surface area contributed by atoms with E-state index in [0.29, 0.717) is 0 Å². The molecule has 0 radical (unpaired) electrons. The minimum Gasteiger partial charge on any atom is -0.370 e. The minimum absolute atomic E-state index is 0.0283. The van der Waals surface area contributed by atoms with E-state index in [2.05, 4.69) is 10.1 Å². The average Bonchev–Trinajstić information content (AvgIpc) is 1.60. The Labute approximate surface area is 44.5 Å². The number of morpholine rings is 1. The van der Waals surface area contributed by atoms with E-state index in [1.807, 2.05) is 0 Å². The van der Waals surface area contributed by atoms with Crippen molar-refractivity contribution in [1.29, 1.82) is 0 Å². The van der Waals surface area contributed by atoms with Gasteiger partial charge in [0.2, 0.25) is 5.91 Å². The summed E-state index contributed by atoms with van der Waals surface area (Å²) in [4.78, 5) is 10.4. The average molecular weight is 103 g/mol. The van der Waals surface area contributed by atoms with Crippen molar-refractivity contribution in [3.63, 3.8) is 0 Å². The van der Waals surface area contributed by atoms with Gasteiger partial charge in [0.25, 0.3) is 0 Å². The van der Waals surface area contributed by atoms with E-state index in [9.17, 15) is 4.79 Å². The second-order valence-electron chi connectivity index (χ2n) is 1.22. The molecule has 1 fully saturated rings. The Morgan fingerprint density at radius 1 is 2.00 bits per heavy atom. The number of rotatable bonds is 0. The van der Waals surface area contributed by atoms with Crippen LogP contribution in [0.2, 0.25) is 0 Å². The lowest BCUT2D eigenvalue weighted by molar-refractivity contribution is -0.128. The molecule has 1 aliphatic heterocycles. The highest BCUT2D eigenvalue weighted by atomic mass is 16.5. The second-order valence-corrected chi connectivity index (χ2v) is 1.22. The number of amides is 1. The lowest BCUT2D eigenvalue weighted by Gasteiger charge is -2.10. The molecule has 3 heteroatoms. The van der Waals surface area contributed by atoms with Crippen molar-refractivity contribution < 1.29 is 12.3 Å². The molecule has 0 aliphatic carbocycles. The second kappa shape index (κ2) is 1.93. The van der Waals surface area contributed by atoms with Crippen molar-refractivity contribution in [3.05, 3.63) is 0 Å². The number of nitrogens with one attached hydrogen (secondary N) is 1. The molecule has 1 aliphatic rings. The molecule has 0 aromatic rings. The Bertz CT molecular complexity index is 137. The van der Waals surface area contributed by atoms with Gasteiger partial charge in [-0.15, -0.1) is 0 Å². The molecule has 1 heterocycles. The molecule has 0 bridgehead atoms. The van der Waals surface area contributed by atoms with Gasteiger partial charge in [-0.2, -0.15) is 0 Å². The Hall–Kier alpha value is -0.570. The van der Waals surface area contributed by atoms with E-state index in [1.54, 1.807) is 0 Å². The SMILES string of the molecule is [2H]C1([2H])COCC(=O)N1. The molecule has 40 valence electrons. The third-order valence-corrected chi connectivity index (χ3v) is 0.635. The van der Waals surface area contributed by atoms with Crippen LogP contribution in [0.1, 0.15) is 2.74 Å². The van der Waals surface area contributed by atoms with Crippen LogP contribution < -0.4 is 5.32 Å². The monoisotopic (exact) mass is 103 g/mol. The van der Waals surface area contributed by atoms with Crippen LogP contribution in [0.4, 0.5) is 0 Å². The molecule has 0 saturated carbocycles. The summed E-state index contributed by atoms with van der Waals surface area (Å²) in [7, 11) is 0. The van der Waals surface area contributed by atoms with Gasteiger partial charge in [0.1, 0.15) is 6.61 Å². The Morgan fingerprint density at radius 3 is 3.29 bits per heavy atom. The van der Waals surface area contributed by atoms with Crippen LogP contribution in [0.5, 0.6) is 0 Å². The van der Waals surface area contributed by atoms with Crippen LogP contribution in [0.3, 0.4) is 0 Å². The summed E-state index contributed by atoms with van der Waals surface area (Å²) in [5.41, 5.74) is 0. The van der Waals surface area contributed by atoms with Gasteiger partial charge in [0.05, 0.1) is 9.35 Å². The first-order chi connectivity index (χ1) is 4.10. The van der Waals surface area contributed by atoms with Crippen molar-refractivity contribution in [2.45, 2.75) is 0 Å². The lowest BCUT2D eigenvalue weighted by atomic mass is 10.5. The first-order valence-corrected chi connectivity index (χ1v) is 1.99. The van der Waals surface area contributed by atoms with Crippen LogP contribution in [0, 0.1) is 0 Å². The van der Waals surface area contributed by atoms with E-state index in [0.717, 1.165) is 0 Å². The number of ether oxygens (including phenoxy) is 1. The zero-order valence-electron chi connectivity index (χ0n) is 5.73. The summed E-state index contributed by atoms with van der Waals surface area (Å²) in [6, 6.07) is 0. The first-order valence-electron chi connectivity index (χ1n) is 2.99. The van der Waals surface area contributed by atoms with Gasteiger partial charge in [0, 0.05) is 6.50 Å². The van der Waals surface area contributed by atoms with Gasteiger partial charge in [-0.25, -0.2) is 0 Å². The Kier molecular flexibility index (Phi) is 0.736. The fraction of sp³-hybridized carbons (Fsp3) is 0.750. The van der Waals surface area contributed by atoms with Crippen LogP contribution >= 0.6 is 0 Å². The van der Waals surface area contributed by atoms with Crippen LogP contribution in [-0.2, 0) is 9.53 Å². The van der Waals surface area contributed by atoms with E-state index in [1.165, 1.54) is 0 Å². The number of carbonyl (C=O) groups excluding carboxylic acids is 1. The molecule has 0 aromatic heterocycles. The van der Waals surface area contributed by atoms with Crippen molar-refractivity contribution >= 4 is 5.91 Å². The van der Waals surface area contributed by atoms with Gasteiger partial charge < -0.3 is 10.1 Å². The van der Waals surface area contributed by atoms with Gasteiger partial charge in [-0.3, -0.25) is 4.79 Å². The van der Waals surface area contributed by atoms with Crippen molar-refractivity contribution in [2.24, 2.45) is 0 Å². The van der Waals surface area contributed by atoms with E-state index < -0.39 is 12.4 Å². The minimum atomic E-state index is -1.67. The number of hydrogen-bond acceptors (Lipinski definition) is 2. The predicted molar refractivity (Wildman–Crippen MR) is 23.8 cm³/mol. The van der Waals surface area contributed by atoms with Gasteiger partial charge in [-0.1, -0.05) is 0 Å². The maximum Gasteiger partial charge on any atom is 0.246 e. The van der Waals surface area contributed by atoms with Crippen molar-refractivity contribution in [1.82, 2.24) is 5.32 Å². The highest BCUT2D eigenvalue weighted by Crippen LogP contribution is 1.79. The fourth-order valence-corrected chi connectivity index (χ4v) is 0.366. The molecule has 0 aromatic carbocycles. The van der Waals surface area contributed by atoms with E-state index in [4.69, 9.17) is 2.74 Å². The van der Waals surface area contributed by atoms with Crippen molar-refractivity contribution in [2.75, 3.05) is 19.7 Å². The number of carbonyl (C=O) groups is 1. The van der Waals surface area contributed by atoms with Crippen molar-refractivity contribution in [3.8, 4) is 0 Å². The summed E-state index contributed by atoms with van der Waals surface area (Å²) < 4.78 is 18.5. The molecule has 0 unspecified atom stereocenters. The molecular formula is C4H7NO2. The van der Waals surface area contributed by atoms with E-state index >= 15 is 0 Å². The van der Waals surface area contributed by atoms with Gasteiger partial charge in [-0.05, 0) is 0 Å². The zero-order chi connectivity index (χ0) is 6.91. The largest absolute Gasteiger partial charge is 0.370 e. The third-order valence-electron chi connectivity index (χ3n) is 0.635. The summed E-state index contributed by atoms with van der Waals surface area (Å²) in [6.07, 6.45) is 0. The predicted octanol–water partition coefficient (Wildman–Crippen LogP) is -0.867. The highest BCUT2D eigenvalue weighted by molar-refractivity contribution is 5.77. The number of hydrogen-bond donors (Lipinski definition) is 1. The molecule has 1 rings (SSSR count). The normalized spacial score (nSPS) is 32.9. The van der Waals surface area contributed by atoms with E-state index in [-0.39, 0.29) is 13.2 Å². The quantitative estimate of drug-likeness (QED) is 0.433. The van der Waals surface area contributed by atoms with Gasteiger partial charge >= 0.3 is 0 Å². The van der Waals surface area contributed by atoms with Crippen LogP contribution in [0.15, 0.2) is 0 Å². The maximum absolute atomic E-state index is 10.4. The topological polar surface area (TPSA) is 38.3 Å². The molecule has 1 amide bonds. The molecular weight excluding hydrogens is 94.0 g/mol. The third kappa shape index (κ3) is 1.16. The Morgan fingerprint density at radius 2 is 2.86 bits per heavy atom. The maximum atomic E-state index is 10.4. The summed E-state index contributed by atoms with van der Waals surface area (Å²) in [6.45, 7) is -1.76. The molecule has 1 saturated heterocycles. The van der Waals surface area contributed by atoms with Gasteiger partial charge in [0.15, 0.2) is 0 Å². The highest BCUT2D eigenvalue weighted by Gasteiger charge is 2.04. The summed E-state index contributed by atoms with van der Waals surface area (Å²) in [5.74, 6) is -0.397. The van der Waals surface area contributed by atoms with Crippen LogP contribution in [0.25, 0.3) is 0 Å². The van der Waals surface area contributed by atoms with Crippen LogP contribution in [-0.4, -0.2) is 25.6 Å². The molecule has 7 heavy (non-hydrogen) atoms. The first kappa shape index (κ1) is 2.67. The fourth-order valence-electron chi connectivity index (χ4n) is 0.366. The molecule has 3 nitrogen and oxygen atoms in total. The molecule has 0 atom stereocenters. The molecule has 1 N–H and O–H groups in total. The molecule has 0 spiro atoms. The lowest BCUT2D eigenvalue weighted by Crippen LogP contribution is -2.36. The smallest absolute Gasteiger partial charge is 0.246 e. The Balaban J connectivity index is 2.51. The standard InChI is InChI=1S/C4H7NO2/c6-4-3-7-2-1-5-4/h1-3H2,(H,5,6)/i1D2.